The second-order valence-corrected chi connectivity index (χ2v) is 6.82. The molecule has 0 saturated carbocycles. The number of aromatic amines is 1. The highest BCUT2D eigenvalue weighted by Crippen LogP contribution is 2.18. The van der Waals surface area contributed by atoms with Crippen molar-refractivity contribution in [3.05, 3.63) is 33.5 Å². The van der Waals surface area contributed by atoms with Gasteiger partial charge in [-0.3, -0.25) is 24.5 Å². The van der Waals surface area contributed by atoms with Crippen molar-refractivity contribution >= 4 is 23.4 Å². The summed E-state index contributed by atoms with van der Waals surface area (Å²) in [6, 6.07) is -0.660. The highest BCUT2D eigenvalue weighted by atomic mass is 16.2. The van der Waals surface area contributed by atoms with Crippen molar-refractivity contribution in [2.75, 3.05) is 30.3 Å². The van der Waals surface area contributed by atoms with Crippen LogP contribution in [0.4, 0.5) is 16.3 Å². The number of unbranched alkanes of at least 4 members (excludes halogenated alkanes) is 1. The predicted octanol–water partition coefficient (Wildman–Crippen LogP) is 0.393. The fraction of sp³-hybridized carbons (Fsp3) is 0.556. The predicted molar refractivity (Wildman–Crippen MR) is 109 cm³/mol. The number of carbonyl (C=O) groups excluding carboxylic acids is 2. The van der Waals surface area contributed by atoms with Crippen LogP contribution in [0, 0.1) is 5.92 Å². The van der Waals surface area contributed by atoms with E-state index in [0.717, 1.165) is 6.42 Å². The van der Waals surface area contributed by atoms with Crippen LogP contribution in [-0.4, -0.2) is 41.1 Å². The van der Waals surface area contributed by atoms with E-state index in [0.29, 0.717) is 19.5 Å². The van der Waals surface area contributed by atoms with E-state index in [-0.39, 0.29) is 30.5 Å². The molecule has 0 saturated heterocycles. The first-order chi connectivity index (χ1) is 13.2. The van der Waals surface area contributed by atoms with Gasteiger partial charge in [0.1, 0.15) is 11.5 Å². The number of imide groups is 1. The average Bonchev–Trinajstić information content (AvgIpc) is 2.60. The number of amides is 3. The lowest BCUT2D eigenvalue weighted by atomic mass is 10.2. The Bertz CT molecular complexity index is 811. The van der Waals surface area contributed by atoms with Gasteiger partial charge >= 0.3 is 11.7 Å². The van der Waals surface area contributed by atoms with E-state index in [1.165, 1.54) is 15.5 Å². The number of nitrogens with two attached hydrogens (primary N) is 1. The van der Waals surface area contributed by atoms with E-state index >= 15 is 0 Å². The number of carbonyl (C=O) groups is 2. The normalized spacial score (nSPS) is 10.6. The molecule has 5 N–H and O–H groups in total. The number of hydrogen-bond acceptors (Lipinski definition) is 6. The number of rotatable bonds is 10. The lowest BCUT2D eigenvalue weighted by Gasteiger charge is -2.25. The first-order valence-electron chi connectivity index (χ1n) is 9.27. The summed E-state index contributed by atoms with van der Waals surface area (Å²) in [4.78, 5) is 52.2. The third kappa shape index (κ3) is 6.60. The molecule has 0 atom stereocenters. The van der Waals surface area contributed by atoms with Crippen molar-refractivity contribution < 1.29 is 9.59 Å². The van der Waals surface area contributed by atoms with Crippen LogP contribution in [0.25, 0.3) is 0 Å². The monoisotopic (exact) mass is 394 g/mol. The van der Waals surface area contributed by atoms with Crippen molar-refractivity contribution in [3.8, 4) is 0 Å². The average molecular weight is 394 g/mol. The molecule has 0 aromatic carbocycles. The molecular formula is C18H30N6O4. The molecule has 0 bridgehead atoms. The van der Waals surface area contributed by atoms with Gasteiger partial charge in [0.25, 0.3) is 5.56 Å². The molecule has 0 unspecified atom stereocenters. The van der Waals surface area contributed by atoms with Crippen LogP contribution in [0.1, 0.15) is 33.6 Å². The number of urea groups is 1. The molecule has 3 amide bonds. The van der Waals surface area contributed by atoms with Gasteiger partial charge in [0.2, 0.25) is 5.91 Å². The van der Waals surface area contributed by atoms with Crippen LogP contribution in [0.5, 0.6) is 0 Å². The van der Waals surface area contributed by atoms with E-state index in [9.17, 15) is 19.2 Å². The maximum Gasteiger partial charge on any atom is 0.330 e. The van der Waals surface area contributed by atoms with Crippen molar-refractivity contribution in [2.24, 2.45) is 5.92 Å². The van der Waals surface area contributed by atoms with Gasteiger partial charge in [-0.05, 0) is 12.3 Å². The van der Waals surface area contributed by atoms with Gasteiger partial charge in [-0.15, -0.1) is 6.58 Å². The number of H-pyrrole nitrogens is 1. The highest BCUT2D eigenvalue weighted by molar-refractivity contribution is 5.96. The number of nitrogens with zero attached hydrogens (tertiary/aromatic N) is 2. The Morgan fingerprint density at radius 3 is 2.61 bits per heavy atom. The van der Waals surface area contributed by atoms with Crippen molar-refractivity contribution in [2.45, 2.75) is 40.2 Å². The van der Waals surface area contributed by atoms with Crippen LogP contribution in [-0.2, 0) is 11.3 Å². The van der Waals surface area contributed by atoms with Gasteiger partial charge < -0.3 is 16.0 Å². The standard InChI is InChI=1S/C18H30N6O4/c1-5-7-9-23(11-13(25)21-17(27)20-8-6-2)14-15(19)24(10-12(3)4)18(28)22-16(14)26/h6,12H,2,5,7-11,19H2,1,3-4H3,(H,22,26,28)(H2,20,21,25,27). The Balaban J connectivity index is 3.18. The third-order valence-electron chi connectivity index (χ3n) is 3.85. The summed E-state index contributed by atoms with van der Waals surface area (Å²) in [7, 11) is 0. The van der Waals surface area contributed by atoms with Crippen molar-refractivity contribution in [1.29, 1.82) is 0 Å². The molecule has 0 aliphatic heterocycles. The first kappa shape index (κ1) is 23.0. The maximum absolute atomic E-state index is 12.4. The van der Waals surface area contributed by atoms with Crippen LogP contribution in [0.2, 0.25) is 0 Å². The van der Waals surface area contributed by atoms with Gasteiger partial charge in [-0.25, -0.2) is 9.59 Å². The van der Waals surface area contributed by atoms with Gasteiger partial charge in [0.05, 0.1) is 6.54 Å². The summed E-state index contributed by atoms with van der Waals surface area (Å²) in [5, 5.41) is 4.62. The Morgan fingerprint density at radius 2 is 2.04 bits per heavy atom. The topological polar surface area (TPSA) is 142 Å². The van der Waals surface area contributed by atoms with Crippen molar-refractivity contribution in [3.63, 3.8) is 0 Å². The largest absolute Gasteiger partial charge is 0.383 e. The van der Waals surface area contributed by atoms with Crippen molar-refractivity contribution in [1.82, 2.24) is 20.2 Å². The fourth-order valence-corrected chi connectivity index (χ4v) is 2.60. The molecule has 156 valence electrons. The molecule has 10 heteroatoms. The molecule has 1 heterocycles. The van der Waals surface area contributed by atoms with Crippen LogP contribution < -0.4 is 32.5 Å². The molecule has 0 fully saturated rings. The molecule has 1 aromatic heterocycles. The molecule has 0 spiro atoms. The molecular weight excluding hydrogens is 364 g/mol. The zero-order chi connectivity index (χ0) is 21.3. The summed E-state index contributed by atoms with van der Waals surface area (Å²) < 4.78 is 1.29. The van der Waals surface area contributed by atoms with E-state index in [4.69, 9.17) is 5.73 Å². The second-order valence-electron chi connectivity index (χ2n) is 6.82. The number of aromatic nitrogens is 2. The van der Waals surface area contributed by atoms with Gasteiger partial charge in [0, 0.05) is 19.6 Å². The summed E-state index contributed by atoms with van der Waals surface area (Å²) in [5.74, 6) is -0.472. The minimum atomic E-state index is -0.664. The van der Waals surface area contributed by atoms with E-state index in [1.54, 1.807) is 0 Å². The lowest BCUT2D eigenvalue weighted by molar-refractivity contribution is -0.118. The minimum absolute atomic E-state index is 0.00228. The smallest absolute Gasteiger partial charge is 0.330 e. The molecule has 0 radical (unpaired) electrons. The van der Waals surface area contributed by atoms with Crippen LogP contribution in [0.3, 0.4) is 0 Å². The zero-order valence-corrected chi connectivity index (χ0v) is 16.7. The Hall–Kier alpha value is -3.04. The molecule has 0 aliphatic carbocycles. The fourth-order valence-electron chi connectivity index (χ4n) is 2.60. The summed E-state index contributed by atoms with van der Waals surface area (Å²) in [6.45, 7) is 9.93. The maximum atomic E-state index is 12.4. The number of nitrogen functional groups attached to an aromatic ring is 1. The summed E-state index contributed by atoms with van der Waals surface area (Å²) >= 11 is 0. The van der Waals surface area contributed by atoms with Gasteiger partial charge in [-0.2, -0.15) is 0 Å². The highest BCUT2D eigenvalue weighted by Gasteiger charge is 2.21. The van der Waals surface area contributed by atoms with Gasteiger partial charge in [0.15, 0.2) is 0 Å². The molecule has 0 aliphatic rings. The molecule has 1 aromatic rings. The van der Waals surface area contributed by atoms with E-state index in [1.807, 2.05) is 20.8 Å². The molecule has 28 heavy (non-hydrogen) atoms. The third-order valence-corrected chi connectivity index (χ3v) is 3.85. The SMILES string of the molecule is C=CCNC(=O)NC(=O)CN(CCCC)c1c(N)n(CC(C)C)c(=O)[nH]c1=O. The van der Waals surface area contributed by atoms with Gasteiger partial charge in [-0.1, -0.05) is 33.3 Å². The Labute approximate surface area is 163 Å². The van der Waals surface area contributed by atoms with E-state index < -0.39 is 23.2 Å². The number of hydrogen-bond donors (Lipinski definition) is 4. The summed E-state index contributed by atoms with van der Waals surface area (Å²) in [6.07, 6.45) is 3.00. The zero-order valence-electron chi connectivity index (χ0n) is 16.7. The second kappa shape index (κ2) is 11.0. The Kier molecular flexibility index (Phi) is 9.00. The van der Waals surface area contributed by atoms with Crippen LogP contribution in [0.15, 0.2) is 22.2 Å². The molecule has 1 rings (SSSR count). The Morgan fingerprint density at radius 1 is 1.36 bits per heavy atom. The molecule has 10 nitrogen and oxygen atoms in total. The number of nitrogens with one attached hydrogen (secondary N) is 3. The number of anilines is 2. The lowest BCUT2D eigenvalue weighted by Crippen LogP contribution is -2.47. The van der Waals surface area contributed by atoms with E-state index in [2.05, 4.69) is 22.2 Å². The summed E-state index contributed by atoms with van der Waals surface area (Å²) in [5.41, 5.74) is 4.92. The minimum Gasteiger partial charge on any atom is -0.383 e. The first-order valence-corrected chi connectivity index (χ1v) is 9.27. The van der Waals surface area contributed by atoms with Crippen LogP contribution >= 0.6 is 0 Å². The quantitative estimate of drug-likeness (QED) is 0.423.